The fourth-order valence-electron chi connectivity index (χ4n) is 2.49. The van der Waals surface area contributed by atoms with Crippen LogP contribution in [0.3, 0.4) is 0 Å². The van der Waals surface area contributed by atoms with E-state index in [9.17, 15) is 14.4 Å². The Bertz CT molecular complexity index is 910. The van der Waals surface area contributed by atoms with Crippen molar-refractivity contribution in [3.8, 4) is 11.5 Å². The van der Waals surface area contributed by atoms with Gasteiger partial charge in [0.1, 0.15) is 23.7 Å². The quantitative estimate of drug-likeness (QED) is 0.626. The van der Waals surface area contributed by atoms with Crippen molar-refractivity contribution in [2.75, 3.05) is 7.11 Å². The van der Waals surface area contributed by atoms with Crippen molar-refractivity contribution in [1.82, 2.24) is 10.6 Å². The van der Waals surface area contributed by atoms with Crippen LogP contribution in [0.15, 0.2) is 48.0 Å². The van der Waals surface area contributed by atoms with Gasteiger partial charge in [-0.05, 0) is 30.7 Å². The number of hydrogen-bond donors (Lipinski definition) is 2. The first-order valence-electron chi connectivity index (χ1n) is 8.21. The molecule has 2 aromatic rings. The van der Waals surface area contributed by atoms with Crippen molar-refractivity contribution < 1.29 is 23.9 Å². The summed E-state index contributed by atoms with van der Waals surface area (Å²) >= 11 is 0. The van der Waals surface area contributed by atoms with Gasteiger partial charge in [-0.1, -0.05) is 29.8 Å². The molecule has 1 heterocycles. The van der Waals surface area contributed by atoms with Crippen LogP contribution in [0.1, 0.15) is 16.7 Å². The average molecular weight is 366 g/mol. The molecule has 0 saturated carbocycles. The van der Waals surface area contributed by atoms with E-state index in [1.807, 2.05) is 41.8 Å². The second-order valence-electron chi connectivity index (χ2n) is 5.97. The van der Waals surface area contributed by atoms with Crippen LogP contribution < -0.4 is 20.1 Å². The number of carbonyl (C=O) groups excluding carboxylic acids is 3. The molecule has 0 unspecified atom stereocenters. The summed E-state index contributed by atoms with van der Waals surface area (Å²) in [7, 11) is 1.53. The molecule has 0 spiro atoms. The van der Waals surface area contributed by atoms with Crippen molar-refractivity contribution in [3.63, 3.8) is 0 Å². The van der Waals surface area contributed by atoms with Crippen LogP contribution in [0, 0.1) is 6.92 Å². The number of ether oxygens (including phenoxy) is 2. The largest absolute Gasteiger partial charge is 0.497 e. The average Bonchev–Trinajstić information content (AvgIpc) is 2.64. The van der Waals surface area contributed by atoms with Crippen molar-refractivity contribution in [2.24, 2.45) is 0 Å². The maximum atomic E-state index is 11.9. The number of carbonyl (C=O) groups is 3. The highest BCUT2D eigenvalue weighted by molar-refractivity contribution is 6.31. The predicted octanol–water partition coefficient (Wildman–Crippen LogP) is 2.33. The minimum absolute atomic E-state index is 0.181. The molecule has 27 heavy (non-hydrogen) atoms. The fourth-order valence-corrected chi connectivity index (χ4v) is 2.49. The van der Waals surface area contributed by atoms with E-state index in [0.717, 1.165) is 11.1 Å². The first kappa shape index (κ1) is 18.2. The van der Waals surface area contributed by atoms with Crippen LogP contribution in [0.5, 0.6) is 11.5 Å². The topological polar surface area (TPSA) is 93.7 Å². The molecule has 7 nitrogen and oxygen atoms in total. The second-order valence-corrected chi connectivity index (χ2v) is 5.97. The molecule has 0 bridgehead atoms. The lowest BCUT2D eigenvalue weighted by Gasteiger charge is -2.15. The number of rotatable bonds is 5. The molecule has 0 aromatic heterocycles. The minimum atomic E-state index is -0.840. The molecule has 3 rings (SSSR count). The van der Waals surface area contributed by atoms with E-state index in [1.165, 1.54) is 13.2 Å². The summed E-state index contributed by atoms with van der Waals surface area (Å²) in [6.07, 6.45) is 1.38. The highest BCUT2D eigenvalue weighted by Crippen LogP contribution is 2.28. The number of aryl methyl sites for hydroxylation is 1. The van der Waals surface area contributed by atoms with Gasteiger partial charge in [-0.3, -0.25) is 20.2 Å². The van der Waals surface area contributed by atoms with Crippen LogP contribution >= 0.6 is 0 Å². The summed E-state index contributed by atoms with van der Waals surface area (Å²) in [5, 5.41) is 4.08. The third-order valence-electron chi connectivity index (χ3n) is 3.98. The predicted molar refractivity (Wildman–Crippen MR) is 98.2 cm³/mol. The van der Waals surface area contributed by atoms with E-state index >= 15 is 0 Å². The lowest BCUT2D eigenvalue weighted by Crippen LogP contribution is -2.51. The van der Waals surface area contributed by atoms with Crippen LogP contribution in [0.4, 0.5) is 4.79 Å². The molecular weight excluding hydrogens is 348 g/mol. The van der Waals surface area contributed by atoms with Gasteiger partial charge in [-0.15, -0.1) is 0 Å². The molecule has 1 saturated heterocycles. The van der Waals surface area contributed by atoms with Gasteiger partial charge in [0.25, 0.3) is 11.8 Å². The number of barbiturate groups is 1. The summed E-state index contributed by atoms with van der Waals surface area (Å²) in [5.41, 5.74) is 2.45. The maximum absolute atomic E-state index is 11.9. The Morgan fingerprint density at radius 2 is 1.63 bits per heavy atom. The summed E-state index contributed by atoms with van der Waals surface area (Å²) < 4.78 is 11.1. The monoisotopic (exact) mass is 366 g/mol. The SMILES string of the molecule is COc1ccc(C=C2C(=O)NC(=O)NC2=O)c(OCc2ccc(C)cc2)c1. The molecule has 0 aliphatic carbocycles. The summed E-state index contributed by atoms with van der Waals surface area (Å²) in [6, 6.07) is 12.1. The highest BCUT2D eigenvalue weighted by Gasteiger charge is 2.28. The highest BCUT2D eigenvalue weighted by atomic mass is 16.5. The standard InChI is InChI=1S/C20H18N2O5/c1-12-3-5-13(6-4-12)11-27-17-10-15(26-2)8-7-14(17)9-16-18(23)21-20(25)22-19(16)24/h3-10H,11H2,1-2H3,(H2,21,22,23,24,25). The van der Waals surface area contributed by atoms with Gasteiger partial charge >= 0.3 is 6.03 Å². The van der Waals surface area contributed by atoms with E-state index in [2.05, 4.69) is 0 Å². The molecule has 4 amide bonds. The second kappa shape index (κ2) is 7.74. The Morgan fingerprint density at radius 3 is 2.26 bits per heavy atom. The van der Waals surface area contributed by atoms with E-state index in [4.69, 9.17) is 9.47 Å². The summed E-state index contributed by atoms with van der Waals surface area (Å²) in [4.78, 5) is 35.1. The van der Waals surface area contributed by atoms with Gasteiger partial charge in [0.05, 0.1) is 7.11 Å². The Labute approximate surface area is 156 Å². The number of nitrogens with one attached hydrogen (secondary N) is 2. The van der Waals surface area contributed by atoms with E-state index < -0.39 is 17.8 Å². The smallest absolute Gasteiger partial charge is 0.328 e. The Balaban J connectivity index is 1.89. The number of hydrogen-bond acceptors (Lipinski definition) is 5. The van der Waals surface area contributed by atoms with Gasteiger partial charge in [0.15, 0.2) is 0 Å². The van der Waals surface area contributed by atoms with Crippen molar-refractivity contribution in [3.05, 3.63) is 64.7 Å². The molecule has 2 aromatic carbocycles. The summed E-state index contributed by atoms with van der Waals surface area (Å²) in [5.74, 6) is -0.503. The molecule has 138 valence electrons. The zero-order valence-electron chi connectivity index (χ0n) is 14.9. The van der Waals surface area contributed by atoms with Gasteiger partial charge in [-0.25, -0.2) is 4.79 Å². The molecule has 1 aliphatic heterocycles. The number of urea groups is 1. The van der Waals surface area contributed by atoms with Crippen molar-refractivity contribution in [2.45, 2.75) is 13.5 Å². The minimum Gasteiger partial charge on any atom is -0.497 e. The molecule has 1 aliphatic rings. The van der Waals surface area contributed by atoms with Crippen molar-refractivity contribution >= 4 is 23.9 Å². The molecule has 7 heteroatoms. The van der Waals surface area contributed by atoms with Gasteiger partial charge in [0, 0.05) is 11.6 Å². The zero-order chi connectivity index (χ0) is 19.4. The zero-order valence-corrected chi connectivity index (χ0v) is 14.9. The van der Waals surface area contributed by atoms with Crippen LogP contribution in [-0.4, -0.2) is 25.0 Å². The first-order chi connectivity index (χ1) is 13.0. The first-order valence-corrected chi connectivity index (χ1v) is 8.21. The Morgan fingerprint density at radius 1 is 0.963 bits per heavy atom. The molecule has 0 atom stereocenters. The third-order valence-corrected chi connectivity index (χ3v) is 3.98. The van der Waals surface area contributed by atoms with E-state index in [0.29, 0.717) is 23.7 Å². The van der Waals surface area contributed by atoms with Crippen molar-refractivity contribution in [1.29, 1.82) is 0 Å². The fraction of sp³-hybridized carbons (Fsp3) is 0.150. The van der Waals surface area contributed by atoms with E-state index in [-0.39, 0.29) is 5.57 Å². The van der Waals surface area contributed by atoms with Crippen LogP contribution in [0.2, 0.25) is 0 Å². The Kier molecular flexibility index (Phi) is 5.21. The number of amides is 4. The van der Waals surface area contributed by atoms with Crippen LogP contribution in [0.25, 0.3) is 6.08 Å². The third kappa shape index (κ3) is 4.33. The normalized spacial score (nSPS) is 13.7. The number of imide groups is 2. The van der Waals surface area contributed by atoms with Gasteiger partial charge < -0.3 is 9.47 Å². The van der Waals surface area contributed by atoms with Gasteiger partial charge in [-0.2, -0.15) is 0 Å². The number of methoxy groups -OCH3 is 1. The van der Waals surface area contributed by atoms with Gasteiger partial charge in [0.2, 0.25) is 0 Å². The molecule has 0 radical (unpaired) electrons. The molecule has 1 fully saturated rings. The Hall–Kier alpha value is -3.61. The maximum Gasteiger partial charge on any atom is 0.328 e. The number of benzene rings is 2. The lowest BCUT2D eigenvalue weighted by atomic mass is 10.1. The summed E-state index contributed by atoms with van der Waals surface area (Å²) in [6.45, 7) is 2.31. The van der Waals surface area contributed by atoms with E-state index in [1.54, 1.807) is 18.2 Å². The molecule has 2 N–H and O–H groups in total. The molecular formula is C20H18N2O5. The van der Waals surface area contributed by atoms with Crippen LogP contribution in [-0.2, 0) is 16.2 Å². The lowest BCUT2D eigenvalue weighted by molar-refractivity contribution is -0.123.